The fourth-order valence-corrected chi connectivity index (χ4v) is 4.21. The van der Waals surface area contributed by atoms with E-state index in [0.29, 0.717) is 13.1 Å². The summed E-state index contributed by atoms with van der Waals surface area (Å²) in [6.07, 6.45) is 6.83. The van der Waals surface area contributed by atoms with Gasteiger partial charge in [0.15, 0.2) is 0 Å². The molecule has 0 bridgehead atoms. The van der Waals surface area contributed by atoms with Crippen LogP contribution < -0.4 is 10.2 Å². The number of nitrogens with zero attached hydrogens (tertiary/aromatic N) is 1. The van der Waals surface area contributed by atoms with Crippen molar-refractivity contribution in [1.29, 1.82) is 0 Å². The fourth-order valence-electron chi connectivity index (χ4n) is 4.21. The molecule has 4 rings (SSSR count). The van der Waals surface area contributed by atoms with Crippen molar-refractivity contribution in [2.75, 3.05) is 24.5 Å². The molecule has 1 heterocycles. The Morgan fingerprint density at radius 3 is 2.82 bits per heavy atom. The molecule has 0 atom stereocenters. The first-order valence-electron chi connectivity index (χ1n) is 8.50. The van der Waals surface area contributed by atoms with Crippen molar-refractivity contribution < 1.29 is 9.18 Å². The second kappa shape index (κ2) is 5.34. The lowest BCUT2D eigenvalue weighted by molar-refractivity contribution is -0.117. The number of anilines is 1. The van der Waals surface area contributed by atoms with Crippen LogP contribution in [0.1, 0.15) is 44.1 Å². The Labute approximate surface area is 130 Å². The van der Waals surface area contributed by atoms with Gasteiger partial charge in [-0.05, 0) is 50.3 Å². The molecule has 1 N–H and O–H groups in total. The van der Waals surface area contributed by atoms with Crippen LogP contribution in [-0.2, 0) is 10.2 Å². The maximum Gasteiger partial charge on any atom is 0.240 e. The first-order chi connectivity index (χ1) is 10.7. The highest BCUT2D eigenvalue weighted by molar-refractivity contribution is 5.97. The van der Waals surface area contributed by atoms with E-state index in [9.17, 15) is 9.18 Å². The van der Waals surface area contributed by atoms with E-state index in [-0.39, 0.29) is 17.1 Å². The van der Waals surface area contributed by atoms with Gasteiger partial charge in [0.25, 0.3) is 0 Å². The van der Waals surface area contributed by atoms with Gasteiger partial charge < -0.3 is 10.2 Å². The van der Waals surface area contributed by atoms with Gasteiger partial charge in [-0.2, -0.15) is 0 Å². The van der Waals surface area contributed by atoms with Crippen molar-refractivity contribution in [2.45, 2.75) is 43.9 Å². The number of hydrogen-bond acceptors (Lipinski definition) is 2. The molecule has 3 nitrogen and oxygen atoms in total. The topological polar surface area (TPSA) is 32.3 Å². The molecule has 3 aliphatic rings. The average molecular weight is 302 g/mol. The first kappa shape index (κ1) is 14.2. The summed E-state index contributed by atoms with van der Waals surface area (Å²) in [5.41, 5.74) is 1.47. The van der Waals surface area contributed by atoms with Crippen LogP contribution in [0.15, 0.2) is 18.2 Å². The Morgan fingerprint density at radius 2 is 2.09 bits per heavy atom. The number of rotatable bonds is 4. The van der Waals surface area contributed by atoms with Crippen LogP contribution in [0.25, 0.3) is 0 Å². The lowest BCUT2D eigenvalue weighted by Crippen LogP contribution is -2.41. The van der Waals surface area contributed by atoms with Gasteiger partial charge in [0.2, 0.25) is 5.91 Å². The summed E-state index contributed by atoms with van der Waals surface area (Å²) in [5.74, 6) is 0.703. The molecule has 4 heteroatoms. The lowest BCUT2D eigenvalue weighted by atomic mass is 9.80. The summed E-state index contributed by atoms with van der Waals surface area (Å²) in [6, 6.07) is 5.17. The SMILES string of the molecule is O=C(CNCC1CC1)N1CC2(CCCC2)c2c(F)cccc21. The van der Waals surface area contributed by atoms with E-state index in [2.05, 4.69) is 5.32 Å². The normalized spacial score (nSPS) is 22.3. The zero-order chi connectivity index (χ0) is 15.2. The molecule has 2 fully saturated rings. The molecule has 22 heavy (non-hydrogen) atoms. The molecule has 2 aliphatic carbocycles. The van der Waals surface area contributed by atoms with Crippen molar-refractivity contribution in [3.63, 3.8) is 0 Å². The minimum atomic E-state index is -0.138. The van der Waals surface area contributed by atoms with E-state index < -0.39 is 0 Å². The molecule has 0 aromatic heterocycles. The van der Waals surface area contributed by atoms with Crippen LogP contribution in [0.4, 0.5) is 10.1 Å². The average Bonchev–Trinajstić information content (AvgIpc) is 3.11. The summed E-state index contributed by atoms with van der Waals surface area (Å²) >= 11 is 0. The predicted octanol–water partition coefficient (Wildman–Crippen LogP) is 2.98. The van der Waals surface area contributed by atoms with Gasteiger partial charge in [0, 0.05) is 17.5 Å². The second-order valence-corrected chi connectivity index (χ2v) is 7.18. The highest BCUT2D eigenvalue weighted by atomic mass is 19.1. The van der Waals surface area contributed by atoms with Gasteiger partial charge in [-0.3, -0.25) is 4.79 Å². The maximum absolute atomic E-state index is 14.4. The molecule has 118 valence electrons. The smallest absolute Gasteiger partial charge is 0.240 e. The van der Waals surface area contributed by atoms with E-state index >= 15 is 0 Å². The van der Waals surface area contributed by atoms with Gasteiger partial charge in [0.1, 0.15) is 5.82 Å². The number of carbonyl (C=O) groups excluding carboxylic acids is 1. The number of carbonyl (C=O) groups is 1. The molecular formula is C18H23FN2O. The van der Waals surface area contributed by atoms with Crippen LogP contribution in [0.5, 0.6) is 0 Å². The van der Waals surface area contributed by atoms with Crippen LogP contribution in [0, 0.1) is 11.7 Å². The summed E-state index contributed by atoms with van der Waals surface area (Å²) < 4.78 is 14.4. The Kier molecular flexibility index (Phi) is 3.44. The highest BCUT2D eigenvalue weighted by Gasteiger charge is 2.47. The van der Waals surface area contributed by atoms with Crippen LogP contribution in [0.3, 0.4) is 0 Å². The largest absolute Gasteiger partial charge is 0.310 e. The highest BCUT2D eigenvalue weighted by Crippen LogP contribution is 2.51. The fraction of sp³-hybridized carbons (Fsp3) is 0.611. The minimum Gasteiger partial charge on any atom is -0.310 e. The monoisotopic (exact) mass is 302 g/mol. The number of nitrogens with one attached hydrogen (secondary N) is 1. The number of hydrogen-bond donors (Lipinski definition) is 1. The molecule has 0 saturated heterocycles. The molecule has 1 amide bonds. The summed E-state index contributed by atoms with van der Waals surface area (Å²) in [7, 11) is 0. The quantitative estimate of drug-likeness (QED) is 0.927. The first-order valence-corrected chi connectivity index (χ1v) is 8.50. The standard InChI is InChI=1S/C18H23FN2O/c19-14-4-3-5-15-17(14)18(8-1-2-9-18)12-21(15)16(22)11-20-10-13-6-7-13/h3-5,13,20H,1-2,6-12H2. The Morgan fingerprint density at radius 1 is 1.32 bits per heavy atom. The zero-order valence-electron chi connectivity index (χ0n) is 12.9. The summed E-state index contributed by atoms with van der Waals surface area (Å²) in [4.78, 5) is 14.4. The Balaban J connectivity index is 1.56. The number of benzene rings is 1. The molecule has 1 aromatic rings. The van der Waals surface area contributed by atoms with Crippen LogP contribution >= 0.6 is 0 Å². The van der Waals surface area contributed by atoms with Gasteiger partial charge >= 0.3 is 0 Å². The molecule has 0 unspecified atom stereocenters. The van der Waals surface area contributed by atoms with E-state index in [1.165, 1.54) is 18.9 Å². The zero-order valence-corrected chi connectivity index (χ0v) is 12.9. The van der Waals surface area contributed by atoms with E-state index in [4.69, 9.17) is 0 Å². The maximum atomic E-state index is 14.4. The van der Waals surface area contributed by atoms with Crippen molar-refractivity contribution in [3.8, 4) is 0 Å². The molecule has 1 aromatic carbocycles. The van der Waals surface area contributed by atoms with Gasteiger partial charge in [-0.1, -0.05) is 18.9 Å². The van der Waals surface area contributed by atoms with Crippen molar-refractivity contribution >= 4 is 11.6 Å². The number of amides is 1. The van der Waals surface area contributed by atoms with Gasteiger partial charge in [-0.25, -0.2) is 4.39 Å². The molecule has 2 saturated carbocycles. The van der Waals surface area contributed by atoms with Gasteiger partial charge in [-0.15, -0.1) is 0 Å². The molecule has 0 radical (unpaired) electrons. The minimum absolute atomic E-state index is 0.0799. The second-order valence-electron chi connectivity index (χ2n) is 7.18. The van der Waals surface area contributed by atoms with Crippen molar-refractivity contribution in [1.82, 2.24) is 5.32 Å². The van der Waals surface area contributed by atoms with Crippen molar-refractivity contribution in [3.05, 3.63) is 29.6 Å². The Bertz CT molecular complexity index is 591. The summed E-state index contributed by atoms with van der Waals surface area (Å²) in [5, 5.41) is 3.26. The molecule has 1 aliphatic heterocycles. The summed E-state index contributed by atoms with van der Waals surface area (Å²) in [6.45, 7) is 1.95. The lowest BCUT2D eigenvalue weighted by Gasteiger charge is -2.25. The third-order valence-electron chi connectivity index (χ3n) is 5.54. The van der Waals surface area contributed by atoms with E-state index in [1.54, 1.807) is 6.07 Å². The van der Waals surface area contributed by atoms with E-state index in [0.717, 1.165) is 49.4 Å². The Hall–Kier alpha value is -1.42. The molecule has 1 spiro atoms. The van der Waals surface area contributed by atoms with Crippen LogP contribution in [-0.4, -0.2) is 25.5 Å². The van der Waals surface area contributed by atoms with Gasteiger partial charge in [0.05, 0.1) is 12.2 Å². The number of halogens is 1. The third-order valence-corrected chi connectivity index (χ3v) is 5.54. The molecular weight excluding hydrogens is 279 g/mol. The van der Waals surface area contributed by atoms with Crippen LogP contribution in [0.2, 0.25) is 0 Å². The third kappa shape index (κ3) is 2.34. The number of fused-ring (bicyclic) bond motifs is 2. The van der Waals surface area contributed by atoms with E-state index in [1.807, 2.05) is 11.0 Å². The predicted molar refractivity (Wildman–Crippen MR) is 84.5 cm³/mol. The van der Waals surface area contributed by atoms with Crippen molar-refractivity contribution in [2.24, 2.45) is 5.92 Å².